The number of methoxy groups -OCH3 is 1. The van der Waals surface area contributed by atoms with Gasteiger partial charge in [0.2, 0.25) is 0 Å². The van der Waals surface area contributed by atoms with Gasteiger partial charge in [-0.15, -0.1) is 0 Å². The van der Waals surface area contributed by atoms with Crippen LogP contribution in [0.25, 0.3) is 0 Å². The Morgan fingerprint density at radius 3 is 2.87 bits per heavy atom. The summed E-state index contributed by atoms with van der Waals surface area (Å²) in [7, 11) is 1.61. The monoisotopic (exact) mass is 323 g/mol. The van der Waals surface area contributed by atoms with E-state index < -0.39 is 0 Å². The molecule has 0 aromatic heterocycles. The van der Waals surface area contributed by atoms with Gasteiger partial charge in [0.25, 0.3) is 5.91 Å². The van der Waals surface area contributed by atoms with E-state index in [0.29, 0.717) is 44.2 Å². The van der Waals surface area contributed by atoms with Gasteiger partial charge in [0, 0.05) is 38.3 Å². The largest absolute Gasteiger partial charge is 0.491 e. The summed E-state index contributed by atoms with van der Waals surface area (Å²) in [5, 5.41) is 9.45. The Kier molecular flexibility index (Phi) is 6.83. The number of likely N-dealkylation sites (tertiary alicyclic amines) is 1. The second-order valence-electron chi connectivity index (χ2n) is 5.52. The summed E-state index contributed by atoms with van der Waals surface area (Å²) in [6.07, 6.45) is -0.102. The molecule has 23 heavy (non-hydrogen) atoms. The van der Waals surface area contributed by atoms with Crippen molar-refractivity contribution in [3.8, 4) is 5.75 Å². The average molecular weight is 323 g/mol. The smallest absolute Gasteiger partial charge is 0.254 e. The maximum atomic E-state index is 12.6. The first-order valence-electron chi connectivity index (χ1n) is 7.93. The third-order valence-corrected chi connectivity index (χ3v) is 3.92. The highest BCUT2D eigenvalue weighted by Crippen LogP contribution is 2.23. The molecule has 0 bridgehead atoms. The molecule has 0 spiro atoms. The van der Waals surface area contributed by atoms with E-state index >= 15 is 0 Å². The molecule has 2 rings (SSSR count). The maximum absolute atomic E-state index is 12.6. The van der Waals surface area contributed by atoms with Crippen LogP contribution in [0.4, 0.5) is 0 Å². The minimum atomic E-state index is -0.102. The number of benzene rings is 1. The van der Waals surface area contributed by atoms with Gasteiger partial charge < -0.3 is 24.2 Å². The van der Waals surface area contributed by atoms with Crippen LogP contribution in [0.5, 0.6) is 5.75 Å². The van der Waals surface area contributed by atoms with Crippen molar-refractivity contribution in [2.75, 3.05) is 46.6 Å². The van der Waals surface area contributed by atoms with Crippen molar-refractivity contribution < 1.29 is 24.1 Å². The molecule has 128 valence electrons. The Hall–Kier alpha value is -1.63. The van der Waals surface area contributed by atoms with E-state index in [1.165, 1.54) is 0 Å². The van der Waals surface area contributed by atoms with Gasteiger partial charge >= 0.3 is 0 Å². The predicted octanol–water partition coefficient (Wildman–Crippen LogP) is 1.18. The second-order valence-corrected chi connectivity index (χ2v) is 5.52. The van der Waals surface area contributed by atoms with Crippen molar-refractivity contribution in [3.05, 3.63) is 29.8 Å². The Morgan fingerprint density at radius 2 is 2.17 bits per heavy atom. The van der Waals surface area contributed by atoms with E-state index in [0.717, 1.165) is 0 Å². The molecule has 1 saturated heterocycles. The van der Waals surface area contributed by atoms with Crippen LogP contribution in [-0.2, 0) is 9.47 Å². The van der Waals surface area contributed by atoms with Gasteiger partial charge in [-0.05, 0) is 25.1 Å². The lowest BCUT2D eigenvalue weighted by atomic mass is 10.1. The molecular weight excluding hydrogens is 298 g/mol. The SMILES string of the molecule is CCOC1CN(C(=O)c2cccc(OCCOC)c2)CC1CO. The lowest BCUT2D eigenvalue weighted by Crippen LogP contribution is -2.30. The molecule has 2 atom stereocenters. The molecule has 1 aliphatic rings. The normalized spacial score (nSPS) is 20.7. The lowest BCUT2D eigenvalue weighted by molar-refractivity contribution is 0.0258. The molecule has 1 aliphatic heterocycles. The van der Waals surface area contributed by atoms with Crippen molar-refractivity contribution in [2.45, 2.75) is 13.0 Å². The van der Waals surface area contributed by atoms with Crippen molar-refractivity contribution in [3.63, 3.8) is 0 Å². The highest BCUT2D eigenvalue weighted by molar-refractivity contribution is 5.94. The maximum Gasteiger partial charge on any atom is 0.254 e. The van der Waals surface area contributed by atoms with Crippen molar-refractivity contribution >= 4 is 5.91 Å². The average Bonchev–Trinajstić information content (AvgIpc) is 2.98. The van der Waals surface area contributed by atoms with Crippen LogP contribution in [0.15, 0.2) is 24.3 Å². The highest BCUT2D eigenvalue weighted by Gasteiger charge is 2.35. The zero-order valence-electron chi connectivity index (χ0n) is 13.7. The summed E-state index contributed by atoms with van der Waals surface area (Å²) in [6.45, 7) is 4.47. The highest BCUT2D eigenvalue weighted by atomic mass is 16.5. The van der Waals surface area contributed by atoms with Crippen LogP contribution in [0.2, 0.25) is 0 Å². The van der Waals surface area contributed by atoms with Gasteiger partial charge in [-0.3, -0.25) is 4.79 Å². The zero-order chi connectivity index (χ0) is 16.7. The van der Waals surface area contributed by atoms with Crippen LogP contribution in [0.3, 0.4) is 0 Å². The second kappa shape index (κ2) is 8.86. The van der Waals surface area contributed by atoms with Crippen LogP contribution >= 0.6 is 0 Å². The minimum absolute atomic E-state index is 0.0224. The first-order valence-corrected chi connectivity index (χ1v) is 7.93. The number of hydrogen-bond acceptors (Lipinski definition) is 5. The molecule has 1 aromatic rings. The van der Waals surface area contributed by atoms with Gasteiger partial charge in [0.15, 0.2) is 0 Å². The topological polar surface area (TPSA) is 68.2 Å². The summed E-state index contributed by atoms with van der Waals surface area (Å²) in [4.78, 5) is 14.4. The number of hydrogen-bond donors (Lipinski definition) is 1. The van der Waals surface area contributed by atoms with Gasteiger partial charge in [0.1, 0.15) is 12.4 Å². The summed E-state index contributed by atoms with van der Waals surface area (Å²) in [5.74, 6) is 0.551. The van der Waals surface area contributed by atoms with Crippen LogP contribution in [-0.4, -0.2) is 68.6 Å². The molecule has 0 aliphatic carbocycles. The molecule has 1 aromatic carbocycles. The van der Waals surface area contributed by atoms with Crippen LogP contribution in [0, 0.1) is 5.92 Å². The zero-order valence-corrected chi connectivity index (χ0v) is 13.7. The first-order chi connectivity index (χ1) is 11.2. The number of carbonyl (C=O) groups excluding carboxylic acids is 1. The summed E-state index contributed by atoms with van der Waals surface area (Å²) in [5.41, 5.74) is 0.578. The third-order valence-electron chi connectivity index (χ3n) is 3.92. The van der Waals surface area contributed by atoms with Gasteiger partial charge in [-0.1, -0.05) is 6.07 Å². The number of aliphatic hydroxyl groups is 1. The molecule has 1 fully saturated rings. The van der Waals surface area contributed by atoms with Crippen molar-refractivity contribution in [1.29, 1.82) is 0 Å². The fraction of sp³-hybridized carbons (Fsp3) is 0.588. The standard InChI is InChI=1S/C17H25NO5/c1-3-22-16-11-18(10-14(16)12-19)17(20)13-5-4-6-15(9-13)23-8-7-21-2/h4-6,9,14,16,19H,3,7-8,10-12H2,1-2H3. The molecule has 0 radical (unpaired) electrons. The predicted molar refractivity (Wildman–Crippen MR) is 85.7 cm³/mol. The van der Waals surface area contributed by atoms with E-state index in [4.69, 9.17) is 14.2 Å². The molecule has 0 saturated carbocycles. The molecule has 1 N–H and O–H groups in total. The van der Waals surface area contributed by atoms with E-state index in [2.05, 4.69) is 0 Å². The number of rotatable bonds is 8. The Balaban J connectivity index is 2.01. The molecule has 2 unspecified atom stereocenters. The van der Waals surface area contributed by atoms with Crippen LogP contribution < -0.4 is 4.74 Å². The number of amides is 1. The fourth-order valence-electron chi connectivity index (χ4n) is 2.73. The number of aliphatic hydroxyl groups excluding tert-OH is 1. The molecule has 6 heteroatoms. The Labute approximate surface area is 136 Å². The van der Waals surface area contributed by atoms with Gasteiger partial charge in [-0.2, -0.15) is 0 Å². The van der Waals surface area contributed by atoms with Gasteiger partial charge in [-0.25, -0.2) is 0 Å². The van der Waals surface area contributed by atoms with E-state index in [-0.39, 0.29) is 24.5 Å². The first kappa shape index (κ1) is 17.7. The minimum Gasteiger partial charge on any atom is -0.491 e. The van der Waals surface area contributed by atoms with Crippen molar-refractivity contribution in [1.82, 2.24) is 4.90 Å². The van der Waals surface area contributed by atoms with Gasteiger partial charge in [0.05, 0.1) is 19.3 Å². The number of nitrogens with zero attached hydrogens (tertiary/aromatic N) is 1. The van der Waals surface area contributed by atoms with Crippen molar-refractivity contribution in [2.24, 2.45) is 5.92 Å². The number of carbonyl (C=O) groups is 1. The van der Waals surface area contributed by atoms with E-state index in [9.17, 15) is 9.90 Å². The Bertz CT molecular complexity index is 508. The fourth-order valence-corrected chi connectivity index (χ4v) is 2.73. The lowest BCUT2D eigenvalue weighted by Gasteiger charge is -2.17. The molecule has 1 amide bonds. The molecule has 6 nitrogen and oxygen atoms in total. The third kappa shape index (κ3) is 4.67. The van der Waals surface area contributed by atoms with Crippen LogP contribution in [0.1, 0.15) is 17.3 Å². The molecular formula is C17H25NO5. The molecule has 1 heterocycles. The summed E-state index contributed by atoms with van der Waals surface area (Å²) >= 11 is 0. The summed E-state index contributed by atoms with van der Waals surface area (Å²) in [6, 6.07) is 7.12. The van der Waals surface area contributed by atoms with E-state index in [1.807, 2.05) is 13.0 Å². The number of ether oxygens (including phenoxy) is 3. The summed E-state index contributed by atoms with van der Waals surface area (Å²) < 4.78 is 16.1. The quantitative estimate of drug-likeness (QED) is 0.728. The van der Waals surface area contributed by atoms with E-state index in [1.54, 1.807) is 30.2 Å². The Morgan fingerprint density at radius 1 is 1.35 bits per heavy atom.